The van der Waals surface area contributed by atoms with Crippen LogP contribution in [0, 0.1) is 13.8 Å². The highest BCUT2D eigenvalue weighted by molar-refractivity contribution is 5.82. The molecule has 206 valence electrons. The zero-order valence-corrected chi connectivity index (χ0v) is 23.6. The number of pyridine rings is 1. The summed E-state index contributed by atoms with van der Waals surface area (Å²) in [5.41, 5.74) is 6.12. The Bertz CT molecular complexity index is 1630. The molecule has 8 heteroatoms. The maximum absolute atomic E-state index is 13.3. The van der Waals surface area contributed by atoms with Crippen LogP contribution < -0.4 is 10.3 Å². The van der Waals surface area contributed by atoms with Crippen LogP contribution in [0.3, 0.4) is 0 Å². The van der Waals surface area contributed by atoms with Crippen LogP contribution in [0.5, 0.6) is 5.75 Å². The number of hydrogen-bond acceptors (Lipinski definition) is 6. The fourth-order valence-electron chi connectivity index (χ4n) is 5.40. The number of nitrogens with zero attached hydrogens (tertiary/aromatic N) is 5. The predicted octanol–water partition coefficient (Wildman–Crippen LogP) is 5.54. The molecule has 0 radical (unpaired) electrons. The molecule has 5 rings (SSSR count). The van der Waals surface area contributed by atoms with Crippen LogP contribution in [0.4, 0.5) is 0 Å². The average molecular weight is 537 g/mol. The Balaban J connectivity index is 1.49. The second kappa shape index (κ2) is 12.3. The summed E-state index contributed by atoms with van der Waals surface area (Å²) in [6.07, 6.45) is 1.61. The first kappa shape index (κ1) is 27.3. The minimum atomic E-state index is -0.0952. The summed E-state index contributed by atoms with van der Waals surface area (Å²) in [6.45, 7) is 8.00. The summed E-state index contributed by atoms with van der Waals surface area (Å²) < 4.78 is 7.27. The molecular formula is C32H36N6O2. The maximum atomic E-state index is 13.3. The van der Waals surface area contributed by atoms with Gasteiger partial charge in [-0.3, -0.25) is 9.69 Å². The molecule has 0 fully saturated rings. The van der Waals surface area contributed by atoms with Gasteiger partial charge in [0.05, 0.1) is 18.7 Å². The number of fused-ring (bicyclic) bond motifs is 1. The lowest BCUT2D eigenvalue weighted by molar-refractivity contribution is 0.160. The second-order valence-electron chi connectivity index (χ2n) is 10.3. The van der Waals surface area contributed by atoms with Crippen molar-refractivity contribution >= 4 is 10.9 Å². The molecule has 3 aromatic carbocycles. The van der Waals surface area contributed by atoms with Gasteiger partial charge in [-0.05, 0) is 83.5 Å². The van der Waals surface area contributed by atoms with Crippen molar-refractivity contribution in [3.05, 3.63) is 117 Å². The zero-order valence-electron chi connectivity index (χ0n) is 23.6. The van der Waals surface area contributed by atoms with Crippen LogP contribution in [0.1, 0.15) is 53.0 Å². The first-order chi connectivity index (χ1) is 19.4. The number of hydrogen-bond donors (Lipinski definition) is 1. The Morgan fingerprint density at radius 1 is 0.975 bits per heavy atom. The van der Waals surface area contributed by atoms with Gasteiger partial charge in [0, 0.05) is 25.2 Å². The summed E-state index contributed by atoms with van der Waals surface area (Å²) in [5, 5.41) is 13.9. The zero-order chi connectivity index (χ0) is 28.1. The van der Waals surface area contributed by atoms with Gasteiger partial charge in [-0.2, -0.15) is 0 Å². The van der Waals surface area contributed by atoms with Crippen molar-refractivity contribution in [1.29, 1.82) is 0 Å². The number of ether oxygens (including phenoxy) is 1. The lowest BCUT2D eigenvalue weighted by atomic mass is 10.0. The van der Waals surface area contributed by atoms with Crippen LogP contribution in [-0.2, 0) is 26.1 Å². The van der Waals surface area contributed by atoms with Gasteiger partial charge in [-0.1, -0.05) is 61.0 Å². The van der Waals surface area contributed by atoms with Crippen molar-refractivity contribution in [3.63, 3.8) is 0 Å². The maximum Gasteiger partial charge on any atom is 0.252 e. The molecule has 0 unspecified atom stereocenters. The minimum absolute atomic E-state index is 0.0716. The molecular weight excluding hydrogens is 500 g/mol. The molecule has 5 aromatic rings. The van der Waals surface area contributed by atoms with Crippen molar-refractivity contribution in [2.24, 2.45) is 0 Å². The van der Waals surface area contributed by atoms with Gasteiger partial charge >= 0.3 is 0 Å². The Kier molecular flexibility index (Phi) is 8.36. The topological polar surface area (TPSA) is 88.9 Å². The highest BCUT2D eigenvalue weighted by Crippen LogP contribution is 2.28. The molecule has 2 heterocycles. The fraction of sp³-hybridized carbons (Fsp3) is 0.312. The van der Waals surface area contributed by atoms with E-state index in [0.29, 0.717) is 25.2 Å². The van der Waals surface area contributed by atoms with E-state index < -0.39 is 0 Å². The average Bonchev–Trinajstić information content (AvgIpc) is 3.42. The van der Waals surface area contributed by atoms with E-state index in [0.717, 1.165) is 46.4 Å². The van der Waals surface area contributed by atoms with Gasteiger partial charge in [0.2, 0.25) is 0 Å². The molecule has 0 saturated carbocycles. The van der Waals surface area contributed by atoms with Crippen LogP contribution in [0.15, 0.2) is 77.6 Å². The van der Waals surface area contributed by atoms with Gasteiger partial charge in [-0.25, -0.2) is 4.68 Å². The molecule has 0 amide bonds. The van der Waals surface area contributed by atoms with Gasteiger partial charge < -0.3 is 9.72 Å². The molecule has 0 saturated heterocycles. The molecule has 1 N–H and O–H groups in total. The molecule has 1 atom stereocenters. The predicted molar refractivity (Wildman–Crippen MR) is 157 cm³/mol. The lowest BCUT2D eigenvalue weighted by Crippen LogP contribution is -2.32. The smallest absolute Gasteiger partial charge is 0.252 e. The third-order valence-electron chi connectivity index (χ3n) is 7.43. The number of tetrazole rings is 1. The lowest BCUT2D eigenvalue weighted by Gasteiger charge is -2.30. The summed E-state index contributed by atoms with van der Waals surface area (Å²) in [5.74, 6) is 1.61. The second-order valence-corrected chi connectivity index (χ2v) is 10.3. The number of methoxy groups -OCH3 is 1. The van der Waals surface area contributed by atoms with E-state index in [-0.39, 0.29) is 11.6 Å². The molecule has 0 aliphatic heterocycles. The van der Waals surface area contributed by atoms with E-state index in [1.807, 2.05) is 48.0 Å². The van der Waals surface area contributed by atoms with Crippen molar-refractivity contribution in [3.8, 4) is 5.75 Å². The summed E-state index contributed by atoms with van der Waals surface area (Å²) in [6, 6.07) is 24.6. The highest BCUT2D eigenvalue weighted by atomic mass is 16.5. The Morgan fingerprint density at radius 2 is 1.75 bits per heavy atom. The number of aryl methyl sites for hydroxylation is 4. The molecule has 0 aliphatic rings. The quantitative estimate of drug-likeness (QED) is 0.239. The first-order valence-electron chi connectivity index (χ1n) is 13.7. The fourth-order valence-corrected chi connectivity index (χ4v) is 5.40. The van der Waals surface area contributed by atoms with E-state index in [2.05, 4.69) is 75.7 Å². The van der Waals surface area contributed by atoms with Crippen LogP contribution in [-0.4, -0.2) is 37.2 Å². The summed E-state index contributed by atoms with van der Waals surface area (Å²) in [4.78, 5) is 18.8. The summed E-state index contributed by atoms with van der Waals surface area (Å²) in [7, 11) is 1.67. The van der Waals surface area contributed by atoms with Crippen LogP contribution >= 0.6 is 0 Å². The first-order valence-corrected chi connectivity index (χ1v) is 13.7. The van der Waals surface area contributed by atoms with Crippen LogP contribution in [0.2, 0.25) is 0 Å². The van der Waals surface area contributed by atoms with Crippen molar-refractivity contribution in [2.45, 2.75) is 59.3 Å². The van der Waals surface area contributed by atoms with E-state index in [9.17, 15) is 4.79 Å². The molecule has 0 bridgehead atoms. The van der Waals surface area contributed by atoms with Gasteiger partial charge in [0.15, 0.2) is 5.82 Å². The molecule has 2 aromatic heterocycles. The third kappa shape index (κ3) is 6.13. The van der Waals surface area contributed by atoms with Crippen molar-refractivity contribution < 1.29 is 4.74 Å². The summed E-state index contributed by atoms with van der Waals surface area (Å²) >= 11 is 0. The van der Waals surface area contributed by atoms with Crippen molar-refractivity contribution in [2.75, 3.05) is 7.11 Å². The van der Waals surface area contributed by atoms with E-state index in [1.165, 1.54) is 11.1 Å². The number of benzene rings is 3. The van der Waals surface area contributed by atoms with Gasteiger partial charge in [-0.15, -0.1) is 5.10 Å². The number of H-pyrrole nitrogens is 1. The van der Waals surface area contributed by atoms with Crippen LogP contribution in [0.25, 0.3) is 10.9 Å². The van der Waals surface area contributed by atoms with Crippen molar-refractivity contribution in [1.82, 2.24) is 30.1 Å². The standard InChI is InChI=1S/C32H36N6O2/c1-5-29(31-34-35-36-38(31)16-15-24-9-7-6-8-10-24)37(20-25-11-13-28(40-4)14-12-25)21-27-19-26-18-22(2)17-23(3)30(26)33-32(27)39/h6-14,17-19,29H,5,15-16,20-21H2,1-4H3,(H,33,39)/t29-/m0/s1. The van der Waals surface area contributed by atoms with E-state index in [1.54, 1.807) is 7.11 Å². The number of aromatic nitrogens is 5. The van der Waals surface area contributed by atoms with E-state index in [4.69, 9.17) is 4.74 Å². The number of aromatic amines is 1. The van der Waals surface area contributed by atoms with Gasteiger partial charge in [0.25, 0.3) is 5.56 Å². The van der Waals surface area contributed by atoms with Gasteiger partial charge in [0.1, 0.15) is 5.75 Å². The Morgan fingerprint density at radius 3 is 2.48 bits per heavy atom. The largest absolute Gasteiger partial charge is 0.497 e. The number of rotatable bonds is 11. The monoisotopic (exact) mass is 536 g/mol. The molecule has 0 spiro atoms. The molecule has 40 heavy (non-hydrogen) atoms. The highest BCUT2D eigenvalue weighted by Gasteiger charge is 2.26. The normalized spacial score (nSPS) is 12.2. The molecule has 0 aliphatic carbocycles. The van der Waals surface area contributed by atoms with E-state index >= 15 is 0 Å². The number of nitrogens with one attached hydrogen (secondary N) is 1. The minimum Gasteiger partial charge on any atom is -0.497 e. The SMILES string of the molecule is CC[C@@H](c1nnnn1CCc1ccccc1)N(Cc1ccc(OC)cc1)Cc1cc2cc(C)cc(C)c2[nH]c1=O. The third-order valence-corrected chi connectivity index (χ3v) is 7.43. The Hall–Kier alpha value is -4.30. The Labute approximate surface area is 234 Å². The molecule has 8 nitrogen and oxygen atoms in total.